The normalized spacial score (nSPS) is 11.8. The van der Waals surface area contributed by atoms with Crippen LogP contribution >= 0.6 is 0 Å². The highest BCUT2D eigenvalue weighted by Crippen LogP contribution is 2.39. The molecule has 240 valence electrons. The molecule has 3 aromatic carbocycles. The molecule has 1 amide bonds. The summed E-state index contributed by atoms with van der Waals surface area (Å²) in [4.78, 5) is 23.1. The summed E-state index contributed by atoms with van der Waals surface area (Å²) in [6.45, 7) is 10.8. The number of nitrogens with zero attached hydrogens (tertiary/aromatic N) is 4. The molecule has 10 nitrogen and oxygen atoms in total. The number of amides is 1. The number of sulfonamides is 1. The van der Waals surface area contributed by atoms with Gasteiger partial charge in [0.2, 0.25) is 10.0 Å². The Morgan fingerprint density at radius 3 is 2.37 bits per heavy atom. The van der Waals surface area contributed by atoms with Crippen molar-refractivity contribution in [1.82, 2.24) is 19.1 Å². The number of anilines is 2. The van der Waals surface area contributed by atoms with Crippen LogP contribution in [0.2, 0.25) is 0 Å². The SMILES string of the molecule is CCc1ncc(-c2cn(-c3cc(C(=O)Nc4cc(C(C)(C)C)cc(NS(C)(=O)=O)c4OC)ccc3C)cn2)n1Cc1ccccc1. The van der Waals surface area contributed by atoms with Gasteiger partial charge in [0.05, 0.1) is 48.6 Å². The van der Waals surface area contributed by atoms with E-state index in [0.29, 0.717) is 17.8 Å². The second kappa shape index (κ2) is 12.8. The summed E-state index contributed by atoms with van der Waals surface area (Å²) in [7, 11) is -2.17. The van der Waals surface area contributed by atoms with E-state index < -0.39 is 10.0 Å². The molecular weight excluding hydrogens is 600 g/mol. The minimum atomic E-state index is -3.60. The molecule has 0 aliphatic heterocycles. The Morgan fingerprint density at radius 1 is 1.00 bits per heavy atom. The lowest BCUT2D eigenvalue weighted by Gasteiger charge is -2.24. The van der Waals surface area contributed by atoms with E-state index in [1.54, 1.807) is 18.5 Å². The lowest BCUT2D eigenvalue weighted by atomic mass is 9.86. The first-order valence-corrected chi connectivity index (χ1v) is 16.9. The number of imidazole rings is 2. The summed E-state index contributed by atoms with van der Waals surface area (Å²) in [5.41, 5.74) is 6.13. The first-order valence-electron chi connectivity index (χ1n) is 15.0. The highest BCUT2D eigenvalue weighted by molar-refractivity contribution is 7.92. The van der Waals surface area contributed by atoms with Gasteiger partial charge in [0.1, 0.15) is 11.5 Å². The Morgan fingerprint density at radius 2 is 1.72 bits per heavy atom. The molecule has 2 heterocycles. The van der Waals surface area contributed by atoms with Gasteiger partial charge < -0.3 is 19.2 Å². The van der Waals surface area contributed by atoms with E-state index in [1.807, 2.05) is 81.1 Å². The quantitative estimate of drug-likeness (QED) is 0.178. The molecule has 0 saturated carbocycles. The van der Waals surface area contributed by atoms with Crippen molar-refractivity contribution in [1.29, 1.82) is 0 Å². The molecule has 0 aliphatic carbocycles. The molecule has 0 unspecified atom stereocenters. The Kier molecular flexibility index (Phi) is 9.07. The van der Waals surface area contributed by atoms with Crippen molar-refractivity contribution in [2.75, 3.05) is 23.4 Å². The zero-order valence-corrected chi connectivity index (χ0v) is 28.1. The van der Waals surface area contributed by atoms with Crippen LogP contribution in [-0.4, -0.2) is 46.8 Å². The largest absolute Gasteiger partial charge is 0.492 e. The van der Waals surface area contributed by atoms with E-state index >= 15 is 0 Å². The number of hydrogen-bond acceptors (Lipinski definition) is 6. The second-order valence-electron chi connectivity index (χ2n) is 12.3. The Hall–Kier alpha value is -4.90. The van der Waals surface area contributed by atoms with Gasteiger partial charge in [0.15, 0.2) is 5.75 Å². The summed E-state index contributed by atoms with van der Waals surface area (Å²) in [5, 5.41) is 2.95. The molecule has 0 spiro atoms. The maximum Gasteiger partial charge on any atom is 0.255 e. The van der Waals surface area contributed by atoms with Crippen molar-refractivity contribution >= 4 is 27.3 Å². The molecule has 11 heteroatoms. The molecule has 0 bridgehead atoms. The van der Waals surface area contributed by atoms with E-state index in [4.69, 9.17) is 9.72 Å². The summed E-state index contributed by atoms with van der Waals surface area (Å²) < 4.78 is 36.5. The zero-order chi connectivity index (χ0) is 33.2. The molecule has 5 aromatic rings. The molecule has 2 N–H and O–H groups in total. The summed E-state index contributed by atoms with van der Waals surface area (Å²) in [5.74, 6) is 0.825. The van der Waals surface area contributed by atoms with Crippen LogP contribution in [0.3, 0.4) is 0 Å². The number of aromatic nitrogens is 4. The average molecular weight is 641 g/mol. The number of rotatable bonds is 10. The fourth-order valence-corrected chi connectivity index (χ4v) is 5.85. The molecule has 0 saturated heterocycles. The van der Waals surface area contributed by atoms with Crippen LogP contribution in [0.25, 0.3) is 17.1 Å². The van der Waals surface area contributed by atoms with Crippen LogP contribution in [0, 0.1) is 6.92 Å². The van der Waals surface area contributed by atoms with Gasteiger partial charge in [-0.25, -0.2) is 18.4 Å². The summed E-state index contributed by atoms with van der Waals surface area (Å²) >= 11 is 0. The van der Waals surface area contributed by atoms with Crippen LogP contribution in [-0.2, 0) is 28.4 Å². The predicted octanol–water partition coefficient (Wildman–Crippen LogP) is 6.58. The van der Waals surface area contributed by atoms with Gasteiger partial charge in [-0.3, -0.25) is 9.52 Å². The molecule has 2 aromatic heterocycles. The molecule has 0 atom stereocenters. The molecule has 0 radical (unpaired) electrons. The molecule has 46 heavy (non-hydrogen) atoms. The maximum absolute atomic E-state index is 13.7. The fraction of sp³-hybridized carbons (Fsp3) is 0.286. The molecular formula is C35H40N6O4S. The van der Waals surface area contributed by atoms with E-state index in [-0.39, 0.29) is 22.8 Å². The van der Waals surface area contributed by atoms with Crippen molar-refractivity contribution < 1.29 is 17.9 Å². The Labute approximate surface area is 270 Å². The number of methoxy groups -OCH3 is 1. The highest BCUT2D eigenvalue weighted by atomic mass is 32.2. The van der Waals surface area contributed by atoms with Crippen molar-refractivity contribution in [2.45, 2.75) is 53.0 Å². The van der Waals surface area contributed by atoms with Crippen LogP contribution in [0.15, 0.2) is 79.4 Å². The Bertz CT molecular complexity index is 1990. The smallest absolute Gasteiger partial charge is 0.255 e. The third kappa shape index (κ3) is 7.15. The molecule has 5 rings (SSSR count). The number of benzene rings is 3. The van der Waals surface area contributed by atoms with E-state index in [2.05, 4.69) is 38.6 Å². The second-order valence-corrected chi connectivity index (χ2v) is 14.1. The highest BCUT2D eigenvalue weighted by Gasteiger charge is 2.23. The number of carbonyl (C=O) groups is 1. The number of nitrogens with one attached hydrogen (secondary N) is 2. The topological polar surface area (TPSA) is 120 Å². The minimum Gasteiger partial charge on any atom is -0.492 e. The van der Waals surface area contributed by atoms with Gasteiger partial charge in [-0.15, -0.1) is 0 Å². The third-order valence-corrected chi connectivity index (χ3v) is 8.33. The van der Waals surface area contributed by atoms with Gasteiger partial charge in [-0.2, -0.15) is 0 Å². The zero-order valence-electron chi connectivity index (χ0n) is 27.2. The monoisotopic (exact) mass is 640 g/mol. The summed E-state index contributed by atoms with van der Waals surface area (Å²) in [6, 6.07) is 19.2. The van der Waals surface area contributed by atoms with Gasteiger partial charge >= 0.3 is 0 Å². The minimum absolute atomic E-state index is 0.219. The average Bonchev–Trinajstić information content (AvgIpc) is 3.63. The fourth-order valence-electron chi connectivity index (χ4n) is 5.30. The Balaban J connectivity index is 1.47. The van der Waals surface area contributed by atoms with Crippen molar-refractivity contribution in [2.24, 2.45) is 0 Å². The van der Waals surface area contributed by atoms with Crippen molar-refractivity contribution in [3.63, 3.8) is 0 Å². The van der Waals surface area contributed by atoms with Gasteiger partial charge in [0.25, 0.3) is 5.91 Å². The third-order valence-electron chi connectivity index (χ3n) is 7.74. The van der Waals surface area contributed by atoms with E-state index in [1.165, 1.54) is 12.7 Å². The van der Waals surface area contributed by atoms with E-state index in [0.717, 1.165) is 46.7 Å². The molecule has 0 aliphatic rings. The number of carbonyl (C=O) groups excluding carboxylic acids is 1. The van der Waals surface area contributed by atoms with E-state index in [9.17, 15) is 13.2 Å². The number of hydrogen-bond donors (Lipinski definition) is 2. The molecule has 0 fully saturated rings. The first kappa shape index (κ1) is 32.5. The lowest BCUT2D eigenvalue weighted by Crippen LogP contribution is -2.18. The number of ether oxygens (including phenoxy) is 1. The predicted molar refractivity (Wildman–Crippen MR) is 183 cm³/mol. The van der Waals surface area contributed by atoms with Crippen LogP contribution in [0.5, 0.6) is 5.75 Å². The summed E-state index contributed by atoms with van der Waals surface area (Å²) in [6.07, 6.45) is 7.41. The van der Waals surface area contributed by atoms with Crippen molar-refractivity contribution in [3.8, 4) is 22.8 Å². The van der Waals surface area contributed by atoms with Gasteiger partial charge in [-0.1, -0.05) is 64.1 Å². The number of aryl methyl sites for hydroxylation is 2. The maximum atomic E-state index is 13.7. The van der Waals surface area contributed by atoms with Crippen LogP contribution < -0.4 is 14.8 Å². The van der Waals surface area contributed by atoms with Crippen LogP contribution in [0.4, 0.5) is 11.4 Å². The van der Waals surface area contributed by atoms with Crippen LogP contribution in [0.1, 0.15) is 60.6 Å². The van der Waals surface area contributed by atoms with Crippen molar-refractivity contribution in [3.05, 3.63) is 107 Å². The standard InChI is InChI=1S/C35H40N6O4S/c1-8-32-36-19-31(41(32)20-24-12-10-9-11-13-24)29-21-40(22-37-29)30-16-25(15-14-23(30)2)34(42)38-27-17-26(35(3,4)5)18-28(33(27)45-6)39-46(7,43)44/h9-19,21-22,39H,8,20H2,1-7H3,(H,38,42). The lowest BCUT2D eigenvalue weighted by molar-refractivity contribution is 0.102. The van der Waals surface area contributed by atoms with Gasteiger partial charge in [0, 0.05) is 24.7 Å². The van der Waals surface area contributed by atoms with Gasteiger partial charge in [-0.05, 0) is 53.3 Å². The first-order chi connectivity index (χ1) is 21.8.